The predicted octanol–water partition coefficient (Wildman–Crippen LogP) is 3.49. The van der Waals surface area contributed by atoms with Gasteiger partial charge in [-0.25, -0.2) is 0 Å². The monoisotopic (exact) mass is 389 g/mol. The quantitative estimate of drug-likeness (QED) is 0.476. The van der Waals surface area contributed by atoms with Crippen LogP contribution in [0.3, 0.4) is 0 Å². The molecule has 0 amide bonds. The van der Waals surface area contributed by atoms with Gasteiger partial charge in [0.2, 0.25) is 0 Å². The molecule has 0 saturated carbocycles. The Labute approximate surface area is 133 Å². The number of likely N-dealkylation sites (tertiary alicyclic amines) is 1. The van der Waals surface area contributed by atoms with Gasteiger partial charge in [0.25, 0.3) is 5.69 Å². The highest BCUT2D eigenvalue weighted by Crippen LogP contribution is 2.26. The maximum absolute atomic E-state index is 11.1. The summed E-state index contributed by atoms with van der Waals surface area (Å²) < 4.78 is 0.879. The first kappa shape index (κ1) is 15.5. The number of anilines is 1. The number of hydrogen-bond acceptors (Lipinski definition) is 4. The van der Waals surface area contributed by atoms with E-state index in [1.54, 1.807) is 12.1 Å². The number of nitrogens with zero attached hydrogens (tertiary/aromatic N) is 2. The van der Waals surface area contributed by atoms with Gasteiger partial charge in [-0.1, -0.05) is 6.42 Å². The maximum Gasteiger partial charge on any atom is 0.293 e. The standard InChI is InChI=1S/C14H20IN3O2/c1-11(17-7-3-2-4-8-17)10-16-13-6-5-12(15)9-14(13)18(19)20/h5-6,9,11,16H,2-4,7-8,10H2,1H3. The number of nitro groups is 1. The van der Waals surface area contributed by atoms with Crippen LogP contribution in [0.1, 0.15) is 26.2 Å². The summed E-state index contributed by atoms with van der Waals surface area (Å²) in [4.78, 5) is 13.2. The average Bonchev–Trinajstić information content (AvgIpc) is 2.46. The van der Waals surface area contributed by atoms with Crippen LogP contribution < -0.4 is 5.32 Å². The molecule has 1 aromatic carbocycles. The van der Waals surface area contributed by atoms with Crippen molar-refractivity contribution in [3.8, 4) is 0 Å². The van der Waals surface area contributed by atoms with Crippen LogP contribution in [0.5, 0.6) is 0 Å². The van der Waals surface area contributed by atoms with E-state index in [0.717, 1.165) is 23.2 Å². The molecule has 0 radical (unpaired) electrons. The van der Waals surface area contributed by atoms with E-state index in [9.17, 15) is 10.1 Å². The normalized spacial score (nSPS) is 17.7. The van der Waals surface area contributed by atoms with Crippen molar-refractivity contribution < 1.29 is 4.92 Å². The molecule has 1 aromatic rings. The van der Waals surface area contributed by atoms with Crippen molar-refractivity contribution in [1.82, 2.24) is 4.90 Å². The Balaban J connectivity index is 1.97. The van der Waals surface area contributed by atoms with E-state index in [-0.39, 0.29) is 10.6 Å². The lowest BCUT2D eigenvalue weighted by molar-refractivity contribution is -0.384. The summed E-state index contributed by atoms with van der Waals surface area (Å²) in [5.74, 6) is 0. The first-order valence-electron chi connectivity index (χ1n) is 7.00. The van der Waals surface area contributed by atoms with E-state index in [1.807, 2.05) is 6.07 Å². The average molecular weight is 389 g/mol. The van der Waals surface area contributed by atoms with Gasteiger partial charge in [-0.2, -0.15) is 0 Å². The van der Waals surface area contributed by atoms with Crippen LogP contribution in [0, 0.1) is 13.7 Å². The topological polar surface area (TPSA) is 58.4 Å². The van der Waals surface area contributed by atoms with Crippen LogP contribution in [0.15, 0.2) is 18.2 Å². The molecule has 20 heavy (non-hydrogen) atoms. The molecular weight excluding hydrogens is 369 g/mol. The number of benzene rings is 1. The number of halogens is 1. The van der Waals surface area contributed by atoms with E-state index < -0.39 is 0 Å². The second-order valence-corrected chi connectivity index (χ2v) is 6.49. The molecule has 5 nitrogen and oxygen atoms in total. The molecule has 6 heteroatoms. The van der Waals surface area contributed by atoms with Crippen molar-refractivity contribution in [2.75, 3.05) is 25.0 Å². The van der Waals surface area contributed by atoms with E-state index in [4.69, 9.17) is 0 Å². The number of nitro benzene ring substituents is 1. The number of piperidine rings is 1. The summed E-state index contributed by atoms with van der Waals surface area (Å²) in [6, 6.07) is 5.69. The molecule has 0 bridgehead atoms. The van der Waals surface area contributed by atoms with Gasteiger partial charge in [-0.15, -0.1) is 0 Å². The third kappa shape index (κ3) is 4.05. The van der Waals surface area contributed by atoms with Crippen LogP contribution in [-0.2, 0) is 0 Å². The number of nitrogens with one attached hydrogen (secondary N) is 1. The van der Waals surface area contributed by atoms with Crippen molar-refractivity contribution >= 4 is 34.0 Å². The van der Waals surface area contributed by atoms with Gasteiger partial charge in [0.15, 0.2) is 0 Å². The molecule has 2 rings (SSSR count). The Morgan fingerprint density at radius 1 is 1.40 bits per heavy atom. The van der Waals surface area contributed by atoms with Crippen molar-refractivity contribution in [3.63, 3.8) is 0 Å². The van der Waals surface area contributed by atoms with Crippen LogP contribution in [0.4, 0.5) is 11.4 Å². The van der Waals surface area contributed by atoms with E-state index >= 15 is 0 Å². The van der Waals surface area contributed by atoms with E-state index in [2.05, 4.69) is 39.7 Å². The molecule has 0 spiro atoms. The Bertz CT molecular complexity index is 475. The Morgan fingerprint density at radius 2 is 2.10 bits per heavy atom. The van der Waals surface area contributed by atoms with Crippen LogP contribution >= 0.6 is 22.6 Å². The molecule has 0 aromatic heterocycles. The fraction of sp³-hybridized carbons (Fsp3) is 0.571. The summed E-state index contributed by atoms with van der Waals surface area (Å²) >= 11 is 2.09. The van der Waals surface area contributed by atoms with Gasteiger partial charge in [0.05, 0.1) is 4.92 Å². The fourth-order valence-corrected chi connectivity index (χ4v) is 3.03. The summed E-state index contributed by atoms with van der Waals surface area (Å²) in [6.45, 7) is 5.19. The first-order valence-corrected chi connectivity index (χ1v) is 8.07. The highest BCUT2D eigenvalue weighted by molar-refractivity contribution is 14.1. The summed E-state index contributed by atoms with van der Waals surface area (Å²) in [7, 11) is 0. The smallest absolute Gasteiger partial charge is 0.293 e. The van der Waals surface area contributed by atoms with Crippen molar-refractivity contribution in [2.24, 2.45) is 0 Å². The molecule has 1 fully saturated rings. The van der Waals surface area contributed by atoms with Crippen LogP contribution in [0.2, 0.25) is 0 Å². The Morgan fingerprint density at radius 3 is 2.75 bits per heavy atom. The molecule has 1 aliphatic rings. The molecule has 1 saturated heterocycles. The molecule has 0 aliphatic carbocycles. The lowest BCUT2D eigenvalue weighted by Crippen LogP contribution is -2.41. The number of hydrogen-bond donors (Lipinski definition) is 1. The minimum atomic E-state index is -0.323. The molecular formula is C14H20IN3O2. The SMILES string of the molecule is CC(CNc1ccc(I)cc1[N+](=O)[O-])N1CCCCC1. The lowest BCUT2D eigenvalue weighted by Gasteiger charge is -2.32. The lowest BCUT2D eigenvalue weighted by atomic mass is 10.1. The molecule has 1 atom stereocenters. The largest absolute Gasteiger partial charge is 0.378 e. The zero-order valence-corrected chi connectivity index (χ0v) is 13.8. The van der Waals surface area contributed by atoms with Crippen LogP contribution in [-0.4, -0.2) is 35.5 Å². The van der Waals surface area contributed by atoms with Crippen LogP contribution in [0.25, 0.3) is 0 Å². The summed E-state index contributed by atoms with van der Waals surface area (Å²) in [6.07, 6.45) is 3.83. The molecule has 1 aliphatic heterocycles. The Kier molecular flexibility index (Phi) is 5.59. The zero-order chi connectivity index (χ0) is 14.5. The van der Waals surface area contributed by atoms with Gasteiger partial charge < -0.3 is 5.32 Å². The third-order valence-corrected chi connectivity index (χ3v) is 4.43. The minimum Gasteiger partial charge on any atom is -0.378 e. The number of rotatable bonds is 5. The fourth-order valence-electron chi connectivity index (χ4n) is 2.55. The van der Waals surface area contributed by atoms with Gasteiger partial charge in [-0.05, 0) is 67.6 Å². The van der Waals surface area contributed by atoms with Crippen molar-refractivity contribution in [2.45, 2.75) is 32.2 Å². The first-order chi connectivity index (χ1) is 9.58. The van der Waals surface area contributed by atoms with Crippen molar-refractivity contribution in [1.29, 1.82) is 0 Å². The molecule has 1 unspecified atom stereocenters. The van der Waals surface area contributed by atoms with Gasteiger partial charge in [0, 0.05) is 22.2 Å². The van der Waals surface area contributed by atoms with Crippen molar-refractivity contribution in [3.05, 3.63) is 31.9 Å². The maximum atomic E-state index is 11.1. The minimum absolute atomic E-state index is 0.155. The predicted molar refractivity (Wildman–Crippen MR) is 89.2 cm³/mol. The molecule has 110 valence electrons. The molecule has 1 heterocycles. The Hall–Kier alpha value is -0.890. The second kappa shape index (κ2) is 7.21. The zero-order valence-electron chi connectivity index (χ0n) is 11.6. The second-order valence-electron chi connectivity index (χ2n) is 5.25. The highest BCUT2D eigenvalue weighted by Gasteiger charge is 2.18. The van der Waals surface area contributed by atoms with Gasteiger partial charge >= 0.3 is 0 Å². The summed E-state index contributed by atoms with van der Waals surface area (Å²) in [5, 5.41) is 14.3. The van der Waals surface area contributed by atoms with E-state index in [1.165, 1.54) is 19.3 Å². The third-order valence-electron chi connectivity index (χ3n) is 3.76. The van der Waals surface area contributed by atoms with Gasteiger partial charge in [0.1, 0.15) is 5.69 Å². The summed E-state index contributed by atoms with van der Waals surface area (Å²) in [5.41, 5.74) is 0.766. The highest BCUT2D eigenvalue weighted by atomic mass is 127. The molecule has 1 N–H and O–H groups in total. The van der Waals surface area contributed by atoms with E-state index in [0.29, 0.717) is 11.7 Å². The van der Waals surface area contributed by atoms with Gasteiger partial charge in [-0.3, -0.25) is 15.0 Å².